The molecule has 1 rings (SSSR count). The minimum atomic E-state index is -0.00859. The first-order valence-corrected chi connectivity index (χ1v) is 6.03. The fourth-order valence-electron chi connectivity index (χ4n) is 1.59. The van der Waals surface area contributed by atoms with Crippen LogP contribution in [0.5, 0.6) is 0 Å². The zero-order chi connectivity index (χ0) is 13.4. The van der Waals surface area contributed by atoms with Crippen LogP contribution in [0.4, 0.5) is 11.4 Å². The van der Waals surface area contributed by atoms with Gasteiger partial charge in [-0.15, -0.1) is 0 Å². The third kappa shape index (κ3) is 4.63. The van der Waals surface area contributed by atoms with Gasteiger partial charge >= 0.3 is 0 Å². The lowest BCUT2D eigenvalue weighted by Crippen LogP contribution is -2.38. The summed E-state index contributed by atoms with van der Waals surface area (Å²) in [6.45, 7) is 4.18. The topological polar surface area (TPSA) is 67.6 Å². The number of nitrogens with two attached hydrogens (primary N) is 1. The predicted molar refractivity (Wildman–Crippen MR) is 73.6 cm³/mol. The number of amides is 1. The van der Waals surface area contributed by atoms with Crippen molar-refractivity contribution in [2.24, 2.45) is 0 Å². The average molecular weight is 251 g/mol. The van der Waals surface area contributed by atoms with E-state index in [4.69, 9.17) is 10.5 Å². The number of rotatable bonds is 7. The van der Waals surface area contributed by atoms with Crippen LogP contribution in [0.2, 0.25) is 0 Å². The van der Waals surface area contributed by atoms with E-state index in [2.05, 4.69) is 5.32 Å². The number of methoxy groups -OCH3 is 1. The van der Waals surface area contributed by atoms with Gasteiger partial charge < -0.3 is 20.7 Å². The summed E-state index contributed by atoms with van der Waals surface area (Å²) >= 11 is 0. The molecule has 0 radical (unpaired) electrons. The smallest absolute Gasteiger partial charge is 0.239 e. The van der Waals surface area contributed by atoms with Crippen molar-refractivity contribution < 1.29 is 9.53 Å². The van der Waals surface area contributed by atoms with Crippen molar-refractivity contribution in [3.05, 3.63) is 24.3 Å². The van der Waals surface area contributed by atoms with Gasteiger partial charge in [0, 0.05) is 31.6 Å². The van der Waals surface area contributed by atoms with Gasteiger partial charge in [0.25, 0.3) is 0 Å². The first-order chi connectivity index (χ1) is 8.67. The molecule has 1 aromatic rings. The van der Waals surface area contributed by atoms with E-state index < -0.39 is 0 Å². The highest BCUT2D eigenvalue weighted by atomic mass is 16.5. The van der Waals surface area contributed by atoms with E-state index in [1.165, 1.54) is 0 Å². The largest absolute Gasteiger partial charge is 0.399 e. The van der Waals surface area contributed by atoms with E-state index in [0.717, 1.165) is 17.9 Å². The number of benzene rings is 1. The van der Waals surface area contributed by atoms with Gasteiger partial charge in [-0.1, -0.05) is 0 Å². The second-order valence-corrected chi connectivity index (χ2v) is 3.95. The Labute approximate surface area is 108 Å². The number of nitrogens with one attached hydrogen (secondary N) is 1. The molecule has 1 aromatic carbocycles. The zero-order valence-electron chi connectivity index (χ0n) is 11.0. The Bertz CT molecular complexity index is 365. The van der Waals surface area contributed by atoms with E-state index in [1.54, 1.807) is 7.11 Å². The molecule has 5 heteroatoms. The molecule has 0 heterocycles. The third-order valence-electron chi connectivity index (χ3n) is 2.60. The molecule has 0 saturated heterocycles. The Morgan fingerprint density at radius 2 is 2.06 bits per heavy atom. The van der Waals surface area contributed by atoms with E-state index >= 15 is 0 Å². The number of hydrogen-bond donors (Lipinski definition) is 2. The number of nitrogens with zero attached hydrogens (tertiary/aromatic N) is 1. The molecule has 0 spiro atoms. The normalized spacial score (nSPS) is 10.1. The molecule has 0 fully saturated rings. The highest BCUT2D eigenvalue weighted by molar-refractivity contribution is 5.81. The molecule has 0 saturated carbocycles. The van der Waals surface area contributed by atoms with Crippen LogP contribution in [0.25, 0.3) is 0 Å². The van der Waals surface area contributed by atoms with Gasteiger partial charge in [-0.05, 0) is 31.2 Å². The van der Waals surface area contributed by atoms with Crippen LogP contribution >= 0.6 is 0 Å². The SMILES string of the molecule is CCN(CC(=O)NCCOC)c1ccc(N)cc1. The van der Waals surface area contributed by atoms with Crippen molar-refractivity contribution in [2.45, 2.75) is 6.92 Å². The Balaban J connectivity index is 2.51. The summed E-state index contributed by atoms with van der Waals surface area (Å²) in [7, 11) is 1.61. The van der Waals surface area contributed by atoms with Crippen LogP contribution in [0.1, 0.15) is 6.92 Å². The second-order valence-electron chi connectivity index (χ2n) is 3.95. The minimum Gasteiger partial charge on any atom is -0.399 e. The minimum absolute atomic E-state index is 0.00859. The maximum Gasteiger partial charge on any atom is 0.239 e. The Kier molecular flexibility index (Phi) is 6.00. The van der Waals surface area contributed by atoms with Crippen LogP contribution in [-0.4, -0.2) is 39.3 Å². The Hall–Kier alpha value is -1.75. The molecule has 0 atom stereocenters. The van der Waals surface area contributed by atoms with Crippen LogP contribution in [-0.2, 0) is 9.53 Å². The van der Waals surface area contributed by atoms with Crippen molar-refractivity contribution >= 4 is 17.3 Å². The highest BCUT2D eigenvalue weighted by Gasteiger charge is 2.09. The summed E-state index contributed by atoms with van der Waals surface area (Å²) in [5, 5.41) is 2.80. The van der Waals surface area contributed by atoms with Crippen molar-refractivity contribution in [3.8, 4) is 0 Å². The lowest BCUT2D eigenvalue weighted by atomic mass is 10.2. The first-order valence-electron chi connectivity index (χ1n) is 6.03. The second kappa shape index (κ2) is 7.55. The summed E-state index contributed by atoms with van der Waals surface area (Å²) in [5.74, 6) is -0.00859. The number of hydrogen-bond acceptors (Lipinski definition) is 4. The van der Waals surface area contributed by atoms with Gasteiger partial charge in [0.2, 0.25) is 5.91 Å². The number of anilines is 2. The van der Waals surface area contributed by atoms with E-state index in [1.807, 2.05) is 36.1 Å². The molecule has 3 N–H and O–H groups in total. The monoisotopic (exact) mass is 251 g/mol. The van der Waals surface area contributed by atoms with Crippen LogP contribution in [0.15, 0.2) is 24.3 Å². The molecule has 0 aliphatic rings. The standard InChI is InChI=1S/C13H21N3O2/c1-3-16(10-13(17)15-8-9-18-2)12-6-4-11(14)5-7-12/h4-7H,3,8-10,14H2,1-2H3,(H,15,17). The molecular formula is C13H21N3O2. The molecule has 18 heavy (non-hydrogen) atoms. The highest BCUT2D eigenvalue weighted by Crippen LogP contribution is 2.15. The van der Waals surface area contributed by atoms with Crippen molar-refractivity contribution in [3.63, 3.8) is 0 Å². The summed E-state index contributed by atoms with van der Waals surface area (Å²) in [6.07, 6.45) is 0. The fourth-order valence-corrected chi connectivity index (χ4v) is 1.59. The number of likely N-dealkylation sites (N-methyl/N-ethyl adjacent to an activating group) is 1. The molecule has 0 aliphatic carbocycles. The lowest BCUT2D eigenvalue weighted by Gasteiger charge is -2.22. The van der Waals surface area contributed by atoms with Gasteiger partial charge in [0.1, 0.15) is 0 Å². The summed E-state index contributed by atoms with van der Waals surface area (Å²) in [4.78, 5) is 13.7. The number of carbonyl (C=O) groups excluding carboxylic acids is 1. The first kappa shape index (κ1) is 14.3. The maximum atomic E-state index is 11.7. The fraction of sp³-hybridized carbons (Fsp3) is 0.462. The van der Waals surface area contributed by atoms with Crippen molar-refractivity contribution in [1.82, 2.24) is 5.32 Å². The van der Waals surface area contributed by atoms with Crippen molar-refractivity contribution in [2.75, 3.05) is 44.0 Å². The van der Waals surface area contributed by atoms with Crippen LogP contribution in [0.3, 0.4) is 0 Å². The Morgan fingerprint density at radius 1 is 1.39 bits per heavy atom. The average Bonchev–Trinajstić information content (AvgIpc) is 2.37. The number of nitrogen functional groups attached to an aromatic ring is 1. The van der Waals surface area contributed by atoms with Gasteiger partial charge in [-0.2, -0.15) is 0 Å². The summed E-state index contributed by atoms with van der Waals surface area (Å²) < 4.78 is 4.88. The quantitative estimate of drug-likeness (QED) is 0.557. The molecule has 100 valence electrons. The summed E-state index contributed by atoms with van der Waals surface area (Å²) in [6, 6.07) is 7.50. The van der Waals surface area contributed by atoms with E-state index in [-0.39, 0.29) is 5.91 Å². The Morgan fingerprint density at radius 3 is 2.61 bits per heavy atom. The van der Waals surface area contributed by atoms with Gasteiger partial charge in [-0.3, -0.25) is 4.79 Å². The van der Waals surface area contributed by atoms with Gasteiger partial charge in [0.05, 0.1) is 13.2 Å². The molecule has 1 amide bonds. The van der Waals surface area contributed by atoms with Crippen LogP contribution < -0.4 is 16.0 Å². The molecular weight excluding hydrogens is 230 g/mol. The van der Waals surface area contributed by atoms with E-state index in [9.17, 15) is 4.79 Å². The van der Waals surface area contributed by atoms with Crippen LogP contribution in [0, 0.1) is 0 Å². The molecule has 0 aliphatic heterocycles. The van der Waals surface area contributed by atoms with Gasteiger partial charge in [-0.25, -0.2) is 0 Å². The van der Waals surface area contributed by atoms with Gasteiger partial charge in [0.15, 0.2) is 0 Å². The molecule has 0 bridgehead atoms. The number of carbonyl (C=O) groups is 1. The maximum absolute atomic E-state index is 11.7. The zero-order valence-corrected chi connectivity index (χ0v) is 11.0. The van der Waals surface area contributed by atoms with Crippen molar-refractivity contribution in [1.29, 1.82) is 0 Å². The number of ether oxygens (including phenoxy) is 1. The predicted octanol–water partition coefficient (Wildman–Crippen LogP) is 0.858. The van der Waals surface area contributed by atoms with E-state index in [0.29, 0.717) is 19.7 Å². The third-order valence-corrected chi connectivity index (χ3v) is 2.60. The lowest BCUT2D eigenvalue weighted by molar-refractivity contribution is -0.119. The summed E-state index contributed by atoms with van der Waals surface area (Å²) in [5.41, 5.74) is 7.35. The molecule has 5 nitrogen and oxygen atoms in total. The molecule has 0 unspecified atom stereocenters. The molecule has 0 aromatic heterocycles.